The molecular weight excluding hydrogens is 160 g/mol. The van der Waals surface area contributed by atoms with Gasteiger partial charge in [-0.3, -0.25) is 0 Å². The van der Waals surface area contributed by atoms with Gasteiger partial charge in [-0.2, -0.15) is 0 Å². The van der Waals surface area contributed by atoms with Crippen molar-refractivity contribution in [3.8, 4) is 0 Å². The van der Waals surface area contributed by atoms with Gasteiger partial charge in [-0.15, -0.1) is 0 Å². The minimum atomic E-state index is 0.848. The molecule has 0 spiro atoms. The summed E-state index contributed by atoms with van der Waals surface area (Å²) < 4.78 is 2.14. The number of pyridine rings is 1. The zero-order valence-corrected chi connectivity index (χ0v) is 7.70. The lowest BCUT2D eigenvalue weighted by Gasteiger charge is -1.99. The average Bonchev–Trinajstić information content (AvgIpc) is 2.18. The van der Waals surface area contributed by atoms with Crippen molar-refractivity contribution in [3.63, 3.8) is 0 Å². The summed E-state index contributed by atoms with van der Waals surface area (Å²) in [6.07, 6.45) is 4.17. The van der Waals surface area contributed by atoms with Crippen molar-refractivity contribution in [2.45, 2.75) is 13.5 Å². The standard InChI is InChI=1S/C11H13N2/c1-2-13-7-6-10-9(8-13)4-3-5-11(10)12/h3-8H,2,12H2,1H3/q+1. The van der Waals surface area contributed by atoms with Gasteiger partial charge >= 0.3 is 0 Å². The molecule has 0 aliphatic carbocycles. The molecule has 2 rings (SSSR count). The Morgan fingerprint density at radius 2 is 2.15 bits per heavy atom. The van der Waals surface area contributed by atoms with Crippen molar-refractivity contribution < 1.29 is 4.57 Å². The van der Waals surface area contributed by atoms with E-state index >= 15 is 0 Å². The van der Waals surface area contributed by atoms with E-state index in [4.69, 9.17) is 5.73 Å². The SMILES string of the molecule is CC[n+]1ccc2c(N)cccc2c1. The van der Waals surface area contributed by atoms with Gasteiger partial charge in [0.05, 0.1) is 0 Å². The maximum absolute atomic E-state index is 5.84. The van der Waals surface area contributed by atoms with Gasteiger partial charge in [0.25, 0.3) is 0 Å². The number of hydrogen-bond donors (Lipinski definition) is 1. The van der Waals surface area contributed by atoms with E-state index in [2.05, 4.69) is 36.0 Å². The Balaban J connectivity index is 2.72. The van der Waals surface area contributed by atoms with Crippen LogP contribution in [0.15, 0.2) is 36.7 Å². The molecule has 0 radical (unpaired) electrons. The molecule has 0 fully saturated rings. The molecule has 0 saturated carbocycles. The molecule has 0 aliphatic heterocycles. The van der Waals surface area contributed by atoms with Crippen LogP contribution in [0.4, 0.5) is 5.69 Å². The molecule has 13 heavy (non-hydrogen) atoms. The van der Waals surface area contributed by atoms with Crippen molar-refractivity contribution in [2.75, 3.05) is 5.73 Å². The highest BCUT2D eigenvalue weighted by molar-refractivity contribution is 5.91. The molecule has 2 N–H and O–H groups in total. The van der Waals surface area contributed by atoms with Crippen LogP contribution < -0.4 is 10.3 Å². The van der Waals surface area contributed by atoms with Crippen LogP contribution in [0.3, 0.4) is 0 Å². The third-order valence-corrected chi connectivity index (χ3v) is 2.28. The highest BCUT2D eigenvalue weighted by Crippen LogP contribution is 2.17. The lowest BCUT2D eigenvalue weighted by atomic mass is 10.1. The monoisotopic (exact) mass is 173 g/mol. The normalized spacial score (nSPS) is 10.5. The number of aromatic nitrogens is 1. The first-order valence-corrected chi connectivity index (χ1v) is 4.48. The first-order valence-electron chi connectivity index (χ1n) is 4.48. The number of fused-ring (bicyclic) bond motifs is 1. The minimum Gasteiger partial charge on any atom is -0.398 e. The fourth-order valence-corrected chi connectivity index (χ4v) is 1.50. The summed E-state index contributed by atoms with van der Waals surface area (Å²) in [6.45, 7) is 3.11. The van der Waals surface area contributed by atoms with Crippen LogP contribution in [-0.2, 0) is 6.54 Å². The molecule has 1 heterocycles. The molecule has 2 heteroatoms. The Hall–Kier alpha value is -1.57. The van der Waals surface area contributed by atoms with Crippen molar-refractivity contribution in [3.05, 3.63) is 36.7 Å². The number of nitrogens with zero attached hydrogens (tertiary/aromatic N) is 1. The van der Waals surface area contributed by atoms with E-state index < -0.39 is 0 Å². The number of nitrogens with two attached hydrogens (primary N) is 1. The Morgan fingerprint density at radius 3 is 2.92 bits per heavy atom. The molecule has 0 atom stereocenters. The molecule has 0 bridgehead atoms. The number of benzene rings is 1. The molecule has 66 valence electrons. The maximum Gasteiger partial charge on any atom is 0.176 e. The summed E-state index contributed by atoms with van der Waals surface area (Å²) in [5.41, 5.74) is 6.69. The van der Waals surface area contributed by atoms with Gasteiger partial charge in [-0.05, 0) is 19.1 Å². The molecule has 0 amide bonds. The maximum atomic E-state index is 5.84. The second kappa shape index (κ2) is 3.05. The quantitative estimate of drug-likeness (QED) is 0.516. The van der Waals surface area contributed by atoms with Gasteiger partial charge in [-0.1, -0.05) is 6.07 Å². The van der Waals surface area contributed by atoms with Crippen LogP contribution in [0.2, 0.25) is 0 Å². The summed E-state index contributed by atoms with van der Waals surface area (Å²) in [6, 6.07) is 8.06. The molecule has 2 aromatic rings. The highest BCUT2D eigenvalue weighted by Gasteiger charge is 2.01. The first-order chi connectivity index (χ1) is 6.31. The van der Waals surface area contributed by atoms with Crippen LogP contribution in [0.1, 0.15) is 6.92 Å². The number of aryl methyl sites for hydroxylation is 1. The van der Waals surface area contributed by atoms with Gasteiger partial charge < -0.3 is 5.73 Å². The number of rotatable bonds is 1. The Morgan fingerprint density at radius 1 is 1.31 bits per heavy atom. The summed E-state index contributed by atoms with van der Waals surface area (Å²) in [5, 5.41) is 2.33. The van der Waals surface area contributed by atoms with Gasteiger partial charge in [0, 0.05) is 22.5 Å². The van der Waals surface area contributed by atoms with Crippen LogP contribution in [-0.4, -0.2) is 0 Å². The first kappa shape index (κ1) is 8.05. The Bertz CT molecular complexity index is 435. The largest absolute Gasteiger partial charge is 0.398 e. The fourth-order valence-electron chi connectivity index (χ4n) is 1.50. The van der Waals surface area contributed by atoms with Crippen molar-refractivity contribution in [1.29, 1.82) is 0 Å². The van der Waals surface area contributed by atoms with Gasteiger partial charge in [0.2, 0.25) is 0 Å². The van der Waals surface area contributed by atoms with E-state index in [1.165, 1.54) is 5.39 Å². The Labute approximate surface area is 77.6 Å². The third-order valence-electron chi connectivity index (χ3n) is 2.28. The second-order valence-corrected chi connectivity index (χ2v) is 3.13. The zero-order chi connectivity index (χ0) is 9.26. The predicted octanol–water partition coefficient (Wildman–Crippen LogP) is 1.73. The molecule has 1 aromatic heterocycles. The zero-order valence-electron chi connectivity index (χ0n) is 7.70. The van der Waals surface area contributed by atoms with Gasteiger partial charge in [0.1, 0.15) is 6.54 Å². The predicted molar refractivity (Wildman–Crippen MR) is 54.2 cm³/mol. The lowest BCUT2D eigenvalue weighted by Crippen LogP contribution is -2.30. The lowest BCUT2D eigenvalue weighted by molar-refractivity contribution is -0.692. The van der Waals surface area contributed by atoms with Gasteiger partial charge in [0.15, 0.2) is 12.4 Å². The van der Waals surface area contributed by atoms with Crippen LogP contribution >= 0.6 is 0 Å². The molecule has 1 aromatic carbocycles. The average molecular weight is 173 g/mol. The van der Waals surface area contributed by atoms with E-state index in [0.717, 1.165) is 17.6 Å². The highest BCUT2D eigenvalue weighted by atomic mass is 14.9. The molecule has 2 nitrogen and oxygen atoms in total. The van der Waals surface area contributed by atoms with E-state index in [1.807, 2.05) is 12.1 Å². The van der Waals surface area contributed by atoms with Gasteiger partial charge in [-0.25, -0.2) is 4.57 Å². The number of nitrogen functional groups attached to an aromatic ring is 1. The van der Waals surface area contributed by atoms with Crippen LogP contribution in [0.5, 0.6) is 0 Å². The topological polar surface area (TPSA) is 29.9 Å². The van der Waals surface area contributed by atoms with Crippen molar-refractivity contribution in [1.82, 2.24) is 0 Å². The minimum absolute atomic E-state index is 0.848. The van der Waals surface area contributed by atoms with E-state index in [9.17, 15) is 0 Å². The van der Waals surface area contributed by atoms with E-state index in [1.54, 1.807) is 0 Å². The second-order valence-electron chi connectivity index (χ2n) is 3.13. The van der Waals surface area contributed by atoms with E-state index in [0.29, 0.717) is 0 Å². The van der Waals surface area contributed by atoms with Crippen molar-refractivity contribution >= 4 is 16.5 Å². The summed E-state index contributed by atoms with van der Waals surface area (Å²) in [5.74, 6) is 0. The summed E-state index contributed by atoms with van der Waals surface area (Å²) in [7, 11) is 0. The molecule has 0 aliphatic rings. The number of hydrogen-bond acceptors (Lipinski definition) is 1. The third kappa shape index (κ3) is 1.35. The summed E-state index contributed by atoms with van der Waals surface area (Å²) in [4.78, 5) is 0. The molecular formula is C11H13N2+. The smallest absolute Gasteiger partial charge is 0.176 e. The summed E-state index contributed by atoms with van der Waals surface area (Å²) >= 11 is 0. The van der Waals surface area contributed by atoms with Crippen LogP contribution in [0, 0.1) is 0 Å². The van der Waals surface area contributed by atoms with Crippen molar-refractivity contribution in [2.24, 2.45) is 0 Å². The molecule has 0 saturated heterocycles. The molecule has 0 unspecified atom stereocenters. The van der Waals surface area contributed by atoms with Crippen LogP contribution in [0.25, 0.3) is 10.8 Å². The fraction of sp³-hybridized carbons (Fsp3) is 0.182. The number of anilines is 1. The van der Waals surface area contributed by atoms with E-state index in [-0.39, 0.29) is 0 Å². The Kier molecular flexibility index (Phi) is 1.89.